The van der Waals surface area contributed by atoms with Gasteiger partial charge in [0.25, 0.3) is 0 Å². The number of esters is 1. The fourth-order valence-corrected chi connectivity index (χ4v) is 2.89. The second-order valence-corrected chi connectivity index (χ2v) is 5.97. The van der Waals surface area contributed by atoms with Crippen molar-refractivity contribution >= 4 is 28.8 Å². The summed E-state index contributed by atoms with van der Waals surface area (Å²) in [7, 11) is 2.71. The van der Waals surface area contributed by atoms with Crippen molar-refractivity contribution < 1.29 is 28.2 Å². The first-order chi connectivity index (χ1) is 14.1. The third-order valence-electron chi connectivity index (χ3n) is 4.24. The van der Waals surface area contributed by atoms with E-state index < -0.39 is 11.6 Å². The van der Waals surface area contributed by atoms with E-state index in [0.717, 1.165) is 0 Å². The summed E-state index contributed by atoms with van der Waals surface area (Å²) in [5.74, 6) is -0.299. The molecule has 0 atom stereocenters. The zero-order valence-corrected chi connectivity index (χ0v) is 15.8. The predicted octanol–water partition coefficient (Wildman–Crippen LogP) is 3.34. The molecule has 29 heavy (non-hydrogen) atoms. The average Bonchev–Trinajstić information content (AvgIpc) is 2.75. The maximum absolute atomic E-state index is 12.1. The highest BCUT2D eigenvalue weighted by Gasteiger charge is 2.18. The lowest BCUT2D eigenvalue weighted by Gasteiger charge is -2.14. The summed E-state index contributed by atoms with van der Waals surface area (Å²) in [5, 5.41) is 0.607. The molecule has 0 fully saturated rings. The Morgan fingerprint density at radius 1 is 1.07 bits per heavy atom. The van der Waals surface area contributed by atoms with Crippen molar-refractivity contribution in [1.82, 2.24) is 0 Å². The topological polar surface area (TPSA) is 92.0 Å². The standard InChI is InChI=1S/C22H18O7/c1-26-13-18(22(25)27-2)16-6-4-3-5-15(16)12-28-19-9-7-14-8-10-20(24)29-21(14)17(19)11-23/h3-11,13H,12H2,1-2H3. The molecule has 0 aliphatic heterocycles. The molecule has 0 N–H and O–H groups in total. The lowest BCUT2D eigenvalue weighted by atomic mass is 10.0. The number of aldehydes is 1. The highest BCUT2D eigenvalue weighted by Crippen LogP contribution is 2.28. The van der Waals surface area contributed by atoms with Crippen LogP contribution in [0.15, 0.2) is 64.0 Å². The van der Waals surface area contributed by atoms with E-state index in [1.165, 1.54) is 26.5 Å². The highest BCUT2D eigenvalue weighted by atomic mass is 16.5. The number of benzene rings is 2. The van der Waals surface area contributed by atoms with Crippen LogP contribution in [-0.2, 0) is 20.9 Å². The molecule has 0 saturated heterocycles. The lowest BCUT2D eigenvalue weighted by molar-refractivity contribution is -0.133. The van der Waals surface area contributed by atoms with Gasteiger partial charge in [-0.1, -0.05) is 24.3 Å². The molecule has 0 spiro atoms. The molecule has 0 amide bonds. The van der Waals surface area contributed by atoms with Gasteiger partial charge in [0.1, 0.15) is 17.9 Å². The van der Waals surface area contributed by atoms with E-state index in [-0.39, 0.29) is 29.1 Å². The summed E-state index contributed by atoms with van der Waals surface area (Å²) in [4.78, 5) is 35.3. The molecule has 1 heterocycles. The van der Waals surface area contributed by atoms with Gasteiger partial charge in [-0.25, -0.2) is 9.59 Å². The Kier molecular flexibility index (Phi) is 6.09. The molecule has 2 aromatic carbocycles. The van der Waals surface area contributed by atoms with Gasteiger partial charge in [-0.05, 0) is 29.3 Å². The minimum absolute atomic E-state index is 0.0532. The quantitative estimate of drug-likeness (QED) is 0.199. The summed E-state index contributed by atoms with van der Waals surface area (Å²) in [6.45, 7) is 0.0532. The number of methoxy groups -OCH3 is 2. The van der Waals surface area contributed by atoms with E-state index in [4.69, 9.17) is 18.6 Å². The van der Waals surface area contributed by atoms with Crippen LogP contribution in [0.2, 0.25) is 0 Å². The van der Waals surface area contributed by atoms with Gasteiger partial charge in [0, 0.05) is 11.5 Å². The zero-order valence-electron chi connectivity index (χ0n) is 15.8. The Labute approximate surface area is 166 Å². The lowest BCUT2D eigenvalue weighted by Crippen LogP contribution is -2.08. The van der Waals surface area contributed by atoms with Gasteiger partial charge >= 0.3 is 11.6 Å². The van der Waals surface area contributed by atoms with Crippen LogP contribution in [0.3, 0.4) is 0 Å². The Hall–Kier alpha value is -3.87. The zero-order chi connectivity index (χ0) is 20.8. The maximum atomic E-state index is 12.1. The fraction of sp³-hybridized carbons (Fsp3) is 0.136. The van der Waals surface area contributed by atoms with Crippen molar-refractivity contribution in [3.05, 3.63) is 81.9 Å². The van der Waals surface area contributed by atoms with Gasteiger partial charge in [-0.3, -0.25) is 4.79 Å². The Morgan fingerprint density at radius 3 is 2.55 bits per heavy atom. The number of ether oxygens (including phenoxy) is 3. The number of hydrogen-bond acceptors (Lipinski definition) is 7. The fourth-order valence-electron chi connectivity index (χ4n) is 2.89. The maximum Gasteiger partial charge on any atom is 0.341 e. The molecule has 3 rings (SSSR count). The van der Waals surface area contributed by atoms with Crippen molar-refractivity contribution in [2.45, 2.75) is 6.61 Å². The minimum Gasteiger partial charge on any atom is -0.503 e. The van der Waals surface area contributed by atoms with Crippen molar-refractivity contribution in [2.24, 2.45) is 0 Å². The summed E-state index contributed by atoms with van der Waals surface area (Å²) in [5.41, 5.74) is 1.21. The van der Waals surface area contributed by atoms with Crippen molar-refractivity contribution in [3.8, 4) is 5.75 Å². The molecule has 0 unspecified atom stereocenters. The molecule has 7 heteroatoms. The molecule has 148 valence electrons. The number of rotatable bonds is 7. The molecule has 0 radical (unpaired) electrons. The normalized spacial score (nSPS) is 11.2. The van der Waals surface area contributed by atoms with E-state index in [9.17, 15) is 14.4 Å². The molecule has 7 nitrogen and oxygen atoms in total. The number of carbonyl (C=O) groups excluding carboxylic acids is 2. The van der Waals surface area contributed by atoms with E-state index in [1.54, 1.807) is 42.5 Å². The molecular formula is C22H18O7. The molecule has 0 aliphatic carbocycles. The number of hydrogen-bond donors (Lipinski definition) is 0. The molecule has 0 aliphatic rings. The van der Waals surface area contributed by atoms with Crippen LogP contribution in [0.4, 0.5) is 0 Å². The predicted molar refractivity (Wildman–Crippen MR) is 106 cm³/mol. The number of carbonyl (C=O) groups is 2. The first-order valence-corrected chi connectivity index (χ1v) is 8.63. The highest BCUT2D eigenvalue weighted by molar-refractivity contribution is 6.16. The molecule has 1 aromatic heterocycles. The van der Waals surface area contributed by atoms with Crippen molar-refractivity contribution in [3.63, 3.8) is 0 Å². The molecule has 3 aromatic rings. The van der Waals surface area contributed by atoms with Gasteiger partial charge in [0.15, 0.2) is 11.9 Å². The van der Waals surface area contributed by atoms with E-state index in [0.29, 0.717) is 22.8 Å². The molecule has 0 bridgehead atoms. The smallest absolute Gasteiger partial charge is 0.341 e. The van der Waals surface area contributed by atoms with Gasteiger partial charge in [-0.2, -0.15) is 0 Å². The van der Waals surface area contributed by atoms with E-state index in [2.05, 4.69) is 0 Å². The van der Waals surface area contributed by atoms with Gasteiger partial charge < -0.3 is 18.6 Å². The summed E-state index contributed by atoms with van der Waals surface area (Å²) >= 11 is 0. The van der Waals surface area contributed by atoms with Crippen LogP contribution >= 0.6 is 0 Å². The van der Waals surface area contributed by atoms with Gasteiger partial charge in [0.05, 0.1) is 26.0 Å². The van der Waals surface area contributed by atoms with Crippen molar-refractivity contribution in [1.29, 1.82) is 0 Å². The van der Waals surface area contributed by atoms with Crippen LogP contribution in [0.25, 0.3) is 16.5 Å². The minimum atomic E-state index is -0.560. The van der Waals surface area contributed by atoms with Crippen LogP contribution in [-0.4, -0.2) is 26.5 Å². The largest absolute Gasteiger partial charge is 0.503 e. The second kappa shape index (κ2) is 8.88. The number of fused-ring (bicyclic) bond motifs is 1. The Morgan fingerprint density at radius 2 is 1.83 bits per heavy atom. The van der Waals surface area contributed by atoms with Crippen LogP contribution in [0, 0.1) is 0 Å². The summed E-state index contributed by atoms with van der Waals surface area (Å²) in [6.07, 6.45) is 1.88. The first-order valence-electron chi connectivity index (χ1n) is 8.63. The Balaban J connectivity index is 1.97. The third kappa shape index (κ3) is 4.19. The van der Waals surface area contributed by atoms with Crippen molar-refractivity contribution in [2.75, 3.05) is 14.2 Å². The second-order valence-electron chi connectivity index (χ2n) is 5.97. The Bertz CT molecular complexity index is 1140. The monoisotopic (exact) mass is 394 g/mol. The van der Waals surface area contributed by atoms with Gasteiger partial charge in [-0.15, -0.1) is 0 Å². The van der Waals surface area contributed by atoms with Crippen LogP contribution < -0.4 is 10.4 Å². The molecular weight excluding hydrogens is 376 g/mol. The summed E-state index contributed by atoms with van der Waals surface area (Å²) < 4.78 is 20.8. The average molecular weight is 394 g/mol. The SMILES string of the molecule is COC=C(C(=O)OC)c1ccccc1COc1ccc2ccc(=O)oc2c1C=O. The van der Waals surface area contributed by atoms with E-state index >= 15 is 0 Å². The molecule has 0 saturated carbocycles. The van der Waals surface area contributed by atoms with E-state index in [1.807, 2.05) is 0 Å². The van der Waals surface area contributed by atoms with Crippen LogP contribution in [0.1, 0.15) is 21.5 Å². The first kappa shape index (κ1) is 19.9. The summed E-state index contributed by atoms with van der Waals surface area (Å²) in [6, 6.07) is 13.3. The third-order valence-corrected chi connectivity index (χ3v) is 4.24. The van der Waals surface area contributed by atoms with Crippen LogP contribution in [0.5, 0.6) is 5.75 Å². The van der Waals surface area contributed by atoms with Gasteiger partial charge in [0.2, 0.25) is 0 Å².